The lowest BCUT2D eigenvalue weighted by Gasteiger charge is -2.34. The molecule has 2 aromatic carbocycles. The van der Waals surface area contributed by atoms with E-state index in [0.29, 0.717) is 24.8 Å². The topological polar surface area (TPSA) is 75.7 Å². The van der Waals surface area contributed by atoms with Gasteiger partial charge >= 0.3 is 0 Å². The van der Waals surface area contributed by atoms with Gasteiger partial charge in [0.2, 0.25) is 0 Å². The van der Waals surface area contributed by atoms with Crippen LogP contribution in [0.4, 0.5) is 5.69 Å². The third-order valence-electron chi connectivity index (χ3n) is 6.63. The smallest absolute Gasteiger partial charge is 0.251 e. The number of rotatable bonds is 8. The molecule has 2 aliphatic rings. The maximum absolute atomic E-state index is 12.5. The van der Waals surface area contributed by atoms with Gasteiger partial charge in [-0.15, -0.1) is 0 Å². The molecule has 0 unspecified atom stereocenters. The van der Waals surface area contributed by atoms with Gasteiger partial charge in [-0.3, -0.25) is 9.78 Å². The summed E-state index contributed by atoms with van der Waals surface area (Å²) in [5, 5.41) is 6.65. The van der Waals surface area contributed by atoms with Gasteiger partial charge in [-0.2, -0.15) is 0 Å². The Balaban J connectivity index is 1.02. The molecule has 7 nitrogen and oxygen atoms in total. The Morgan fingerprint density at radius 2 is 1.80 bits per heavy atom. The van der Waals surface area contributed by atoms with Gasteiger partial charge < -0.3 is 25.0 Å². The number of para-hydroxylation sites is 2. The Bertz CT molecular complexity index is 1100. The summed E-state index contributed by atoms with van der Waals surface area (Å²) in [6.45, 7) is 4.00. The SMILES string of the molecule is O=C(NCc1cccnc1)c1ccc(N2CCC(NCC[C@@H]3COc4ccccc4O3)CC2)cc1. The first kappa shape index (κ1) is 23.2. The summed E-state index contributed by atoms with van der Waals surface area (Å²) in [5.74, 6) is 1.61. The average molecular weight is 473 g/mol. The van der Waals surface area contributed by atoms with Crippen molar-refractivity contribution >= 4 is 11.6 Å². The van der Waals surface area contributed by atoms with Crippen LogP contribution in [0.2, 0.25) is 0 Å². The number of carbonyl (C=O) groups is 1. The van der Waals surface area contributed by atoms with Crippen LogP contribution in [0.15, 0.2) is 73.1 Å². The van der Waals surface area contributed by atoms with E-state index < -0.39 is 0 Å². The van der Waals surface area contributed by atoms with Gasteiger partial charge in [0, 0.05) is 55.7 Å². The first-order valence-corrected chi connectivity index (χ1v) is 12.4. The number of pyridine rings is 1. The zero-order chi connectivity index (χ0) is 23.9. The van der Waals surface area contributed by atoms with Crippen molar-refractivity contribution in [3.8, 4) is 11.5 Å². The van der Waals surface area contributed by atoms with Crippen molar-refractivity contribution < 1.29 is 14.3 Å². The molecule has 2 N–H and O–H groups in total. The summed E-state index contributed by atoms with van der Waals surface area (Å²) in [4.78, 5) is 18.9. The third kappa shape index (κ3) is 6.11. The number of anilines is 1. The number of fused-ring (bicyclic) bond motifs is 1. The van der Waals surface area contributed by atoms with Crippen LogP contribution in [-0.2, 0) is 6.54 Å². The van der Waals surface area contributed by atoms with Gasteiger partial charge in [-0.1, -0.05) is 18.2 Å². The molecule has 1 fully saturated rings. The van der Waals surface area contributed by atoms with Crippen LogP contribution in [0.5, 0.6) is 11.5 Å². The second-order valence-electron chi connectivity index (χ2n) is 9.09. The van der Waals surface area contributed by atoms with Crippen molar-refractivity contribution in [3.63, 3.8) is 0 Å². The van der Waals surface area contributed by atoms with Crippen molar-refractivity contribution in [3.05, 3.63) is 84.2 Å². The van der Waals surface area contributed by atoms with Crippen molar-refractivity contribution in [2.45, 2.75) is 38.0 Å². The fraction of sp³-hybridized carbons (Fsp3) is 0.357. The van der Waals surface area contributed by atoms with E-state index in [-0.39, 0.29) is 12.0 Å². The van der Waals surface area contributed by atoms with E-state index in [2.05, 4.69) is 20.5 Å². The molecule has 1 aromatic heterocycles. The maximum Gasteiger partial charge on any atom is 0.251 e. The van der Waals surface area contributed by atoms with Crippen molar-refractivity contribution in [1.82, 2.24) is 15.6 Å². The molecule has 35 heavy (non-hydrogen) atoms. The van der Waals surface area contributed by atoms with Gasteiger partial charge in [-0.25, -0.2) is 0 Å². The Labute approximate surface area is 206 Å². The lowest BCUT2D eigenvalue weighted by Crippen LogP contribution is -2.44. The minimum Gasteiger partial charge on any atom is -0.486 e. The van der Waals surface area contributed by atoms with E-state index in [4.69, 9.17) is 9.47 Å². The minimum atomic E-state index is -0.0702. The molecule has 0 spiro atoms. The monoisotopic (exact) mass is 472 g/mol. The van der Waals surface area contributed by atoms with E-state index in [9.17, 15) is 4.79 Å². The highest BCUT2D eigenvalue weighted by atomic mass is 16.6. The number of hydrogen-bond donors (Lipinski definition) is 2. The van der Waals surface area contributed by atoms with Gasteiger partial charge in [-0.05, 0) is 67.4 Å². The Morgan fingerprint density at radius 3 is 2.57 bits per heavy atom. The molecule has 1 atom stereocenters. The van der Waals surface area contributed by atoms with Crippen LogP contribution < -0.4 is 25.0 Å². The highest BCUT2D eigenvalue weighted by molar-refractivity contribution is 5.94. The van der Waals surface area contributed by atoms with Crippen LogP contribution in [0.3, 0.4) is 0 Å². The largest absolute Gasteiger partial charge is 0.486 e. The van der Waals surface area contributed by atoms with Crippen molar-refractivity contribution in [2.75, 3.05) is 31.1 Å². The number of amides is 1. The Morgan fingerprint density at radius 1 is 1.00 bits per heavy atom. The third-order valence-corrected chi connectivity index (χ3v) is 6.63. The number of nitrogens with zero attached hydrogens (tertiary/aromatic N) is 2. The highest BCUT2D eigenvalue weighted by Crippen LogP contribution is 2.31. The van der Waals surface area contributed by atoms with E-state index in [0.717, 1.165) is 56.0 Å². The van der Waals surface area contributed by atoms with E-state index in [1.165, 1.54) is 5.69 Å². The summed E-state index contributed by atoms with van der Waals surface area (Å²) in [6, 6.07) is 20.1. The predicted molar refractivity (Wildman–Crippen MR) is 136 cm³/mol. The predicted octanol–water partition coefficient (Wildman–Crippen LogP) is 3.80. The molecule has 0 bridgehead atoms. The number of piperidine rings is 1. The summed E-state index contributed by atoms with van der Waals surface area (Å²) >= 11 is 0. The van der Waals surface area contributed by atoms with Crippen LogP contribution in [-0.4, -0.2) is 49.3 Å². The molecule has 3 aromatic rings. The van der Waals surface area contributed by atoms with Gasteiger partial charge in [0.25, 0.3) is 5.91 Å². The van der Waals surface area contributed by atoms with Crippen molar-refractivity contribution in [1.29, 1.82) is 0 Å². The Kier molecular flexibility index (Phi) is 7.44. The number of ether oxygens (including phenoxy) is 2. The lowest BCUT2D eigenvalue weighted by molar-refractivity contribution is 0.0841. The number of aromatic nitrogens is 1. The summed E-state index contributed by atoms with van der Waals surface area (Å²) in [6.07, 6.45) is 6.70. The number of hydrogen-bond acceptors (Lipinski definition) is 6. The van der Waals surface area contributed by atoms with Gasteiger partial charge in [0.15, 0.2) is 11.5 Å². The number of carbonyl (C=O) groups excluding carboxylic acids is 1. The lowest BCUT2D eigenvalue weighted by atomic mass is 10.0. The molecule has 7 heteroatoms. The highest BCUT2D eigenvalue weighted by Gasteiger charge is 2.22. The molecule has 3 heterocycles. The molecule has 182 valence electrons. The molecule has 0 radical (unpaired) electrons. The van der Waals surface area contributed by atoms with Gasteiger partial charge in [0.1, 0.15) is 12.7 Å². The molecular formula is C28H32N4O3. The van der Waals surface area contributed by atoms with E-state index in [1.54, 1.807) is 12.4 Å². The number of nitrogens with one attached hydrogen (secondary N) is 2. The van der Waals surface area contributed by atoms with Crippen LogP contribution in [0.1, 0.15) is 35.2 Å². The normalized spacial score (nSPS) is 17.7. The zero-order valence-electron chi connectivity index (χ0n) is 19.9. The Hall–Kier alpha value is -3.58. The summed E-state index contributed by atoms with van der Waals surface area (Å²) in [5.41, 5.74) is 2.82. The molecule has 0 aliphatic carbocycles. The molecule has 5 rings (SSSR count). The standard InChI is InChI=1S/C28H32N4O3/c33-28(31-19-21-4-3-14-29-18-21)22-7-9-24(10-8-22)32-16-12-23(13-17-32)30-15-11-25-20-34-26-5-1-2-6-27(26)35-25/h1-10,14,18,23,25,30H,11-13,15-17,19-20H2,(H,31,33)/t25-/m1/s1. The maximum atomic E-state index is 12.5. The van der Waals surface area contributed by atoms with Gasteiger partial charge in [0.05, 0.1) is 0 Å². The quantitative estimate of drug-likeness (QED) is 0.520. The second-order valence-corrected chi connectivity index (χ2v) is 9.09. The molecule has 2 aliphatic heterocycles. The summed E-state index contributed by atoms with van der Waals surface area (Å²) < 4.78 is 11.9. The molecule has 1 amide bonds. The van der Waals surface area contributed by atoms with Crippen LogP contribution in [0, 0.1) is 0 Å². The van der Waals surface area contributed by atoms with E-state index in [1.807, 2.05) is 60.7 Å². The second kappa shape index (κ2) is 11.2. The molecule has 0 saturated carbocycles. The fourth-order valence-electron chi connectivity index (χ4n) is 4.61. The van der Waals surface area contributed by atoms with Crippen LogP contribution >= 0.6 is 0 Å². The molecule has 1 saturated heterocycles. The fourth-order valence-corrected chi connectivity index (χ4v) is 4.61. The van der Waals surface area contributed by atoms with Crippen molar-refractivity contribution in [2.24, 2.45) is 0 Å². The first-order chi connectivity index (χ1) is 17.2. The number of benzene rings is 2. The first-order valence-electron chi connectivity index (χ1n) is 12.4. The zero-order valence-corrected chi connectivity index (χ0v) is 19.9. The average Bonchev–Trinajstić information content (AvgIpc) is 2.93. The van der Waals surface area contributed by atoms with E-state index >= 15 is 0 Å². The van der Waals surface area contributed by atoms with Crippen LogP contribution in [0.25, 0.3) is 0 Å². The minimum absolute atomic E-state index is 0.0702. The summed E-state index contributed by atoms with van der Waals surface area (Å²) in [7, 11) is 0. The molecular weight excluding hydrogens is 440 g/mol.